The maximum atomic E-state index is 8.95. The Hall–Kier alpha value is -0.710. The van der Waals surface area contributed by atoms with Crippen molar-refractivity contribution in [3.8, 4) is 6.19 Å². The van der Waals surface area contributed by atoms with Crippen LogP contribution in [0, 0.1) is 17.4 Å². The minimum Gasteiger partial charge on any atom is -0.317 e. The molecule has 2 fully saturated rings. The molecule has 0 aromatic heterocycles. The molecule has 2 aliphatic carbocycles. The summed E-state index contributed by atoms with van der Waals surface area (Å²) in [5.74, 6) is 0.770. The largest absolute Gasteiger partial charge is 0.317 e. The van der Waals surface area contributed by atoms with E-state index in [2.05, 4.69) is 11.5 Å². The number of hydrogen-bond acceptors (Lipinski definition) is 2. The maximum Gasteiger partial charge on any atom is 0.177 e. The lowest BCUT2D eigenvalue weighted by atomic mass is 9.67. The first-order valence-electron chi connectivity index (χ1n) is 6.54. The van der Waals surface area contributed by atoms with E-state index in [4.69, 9.17) is 5.26 Å². The topological polar surface area (TPSA) is 35.8 Å². The Bertz CT molecular complexity index is 229. The highest BCUT2D eigenvalue weighted by Gasteiger charge is 2.39. The van der Waals surface area contributed by atoms with Crippen LogP contribution < -0.4 is 5.32 Å². The van der Waals surface area contributed by atoms with E-state index >= 15 is 0 Å². The Morgan fingerprint density at radius 3 is 2.13 bits per heavy atom. The summed E-state index contributed by atoms with van der Waals surface area (Å²) < 4.78 is 0. The molecule has 0 spiro atoms. The van der Waals surface area contributed by atoms with Crippen molar-refractivity contribution >= 4 is 0 Å². The van der Waals surface area contributed by atoms with Gasteiger partial charge in [0.05, 0.1) is 0 Å². The fourth-order valence-corrected chi connectivity index (χ4v) is 3.58. The van der Waals surface area contributed by atoms with E-state index in [9.17, 15) is 0 Å². The van der Waals surface area contributed by atoms with Crippen LogP contribution in [0.15, 0.2) is 0 Å². The lowest BCUT2D eigenvalue weighted by Gasteiger charge is -2.44. The molecule has 0 heterocycles. The number of nitrogens with one attached hydrogen (secondary N) is 1. The SMILES string of the molecule is N#CNC1(C2CCCCC2)CCCCC1. The van der Waals surface area contributed by atoms with Gasteiger partial charge in [-0.3, -0.25) is 0 Å². The summed E-state index contributed by atoms with van der Waals surface area (Å²) in [5.41, 5.74) is 0.188. The van der Waals surface area contributed by atoms with Crippen molar-refractivity contribution in [2.24, 2.45) is 5.92 Å². The van der Waals surface area contributed by atoms with E-state index in [1.165, 1.54) is 64.2 Å². The third kappa shape index (κ3) is 2.27. The first kappa shape index (κ1) is 10.8. The Kier molecular flexibility index (Phi) is 3.51. The van der Waals surface area contributed by atoms with Crippen molar-refractivity contribution in [1.29, 1.82) is 5.26 Å². The van der Waals surface area contributed by atoms with Gasteiger partial charge in [0.2, 0.25) is 0 Å². The molecule has 0 aromatic carbocycles. The van der Waals surface area contributed by atoms with Crippen LogP contribution in [0.3, 0.4) is 0 Å². The van der Waals surface area contributed by atoms with Crippen LogP contribution >= 0.6 is 0 Å². The Balaban J connectivity index is 2.05. The molecule has 0 bridgehead atoms. The van der Waals surface area contributed by atoms with Crippen molar-refractivity contribution < 1.29 is 0 Å². The summed E-state index contributed by atoms with van der Waals surface area (Å²) in [7, 11) is 0. The molecule has 0 radical (unpaired) electrons. The van der Waals surface area contributed by atoms with Crippen molar-refractivity contribution in [3.63, 3.8) is 0 Å². The molecule has 0 unspecified atom stereocenters. The molecule has 0 aliphatic heterocycles. The number of nitriles is 1. The maximum absolute atomic E-state index is 8.95. The van der Waals surface area contributed by atoms with Gasteiger partial charge in [0.25, 0.3) is 0 Å². The molecule has 2 aliphatic rings. The molecule has 15 heavy (non-hydrogen) atoms. The molecule has 0 aromatic rings. The number of rotatable bonds is 2. The summed E-state index contributed by atoms with van der Waals surface area (Å²) in [6, 6.07) is 0. The van der Waals surface area contributed by atoms with Crippen LogP contribution in [0.2, 0.25) is 0 Å². The van der Waals surface area contributed by atoms with Gasteiger partial charge in [-0.15, -0.1) is 0 Å². The van der Waals surface area contributed by atoms with Gasteiger partial charge < -0.3 is 5.32 Å². The first-order chi connectivity index (χ1) is 7.37. The van der Waals surface area contributed by atoms with Crippen LogP contribution in [0.1, 0.15) is 64.2 Å². The molecule has 84 valence electrons. The van der Waals surface area contributed by atoms with E-state index in [1.54, 1.807) is 0 Å². The van der Waals surface area contributed by atoms with Crippen molar-refractivity contribution in [3.05, 3.63) is 0 Å². The van der Waals surface area contributed by atoms with Gasteiger partial charge in [0.15, 0.2) is 6.19 Å². The quantitative estimate of drug-likeness (QED) is 0.555. The van der Waals surface area contributed by atoms with Gasteiger partial charge in [0.1, 0.15) is 0 Å². The van der Waals surface area contributed by atoms with Gasteiger partial charge in [-0.25, -0.2) is 0 Å². The molecule has 2 saturated carbocycles. The lowest BCUT2D eigenvalue weighted by molar-refractivity contribution is 0.130. The molecular weight excluding hydrogens is 184 g/mol. The van der Waals surface area contributed by atoms with Gasteiger partial charge in [0, 0.05) is 5.54 Å². The molecule has 0 saturated heterocycles. The standard InChI is InChI=1S/C13H22N2/c14-11-15-13(9-5-2-6-10-13)12-7-3-1-4-8-12/h12,15H,1-10H2. The van der Waals surface area contributed by atoms with Crippen LogP contribution in [-0.4, -0.2) is 5.54 Å². The Labute approximate surface area is 93.0 Å². The molecule has 0 atom stereocenters. The van der Waals surface area contributed by atoms with Crippen molar-refractivity contribution in [1.82, 2.24) is 5.32 Å². The summed E-state index contributed by atoms with van der Waals surface area (Å²) in [5, 5.41) is 12.1. The highest BCUT2D eigenvalue weighted by Crippen LogP contribution is 2.41. The highest BCUT2D eigenvalue weighted by molar-refractivity contribution is 5.00. The fraction of sp³-hybridized carbons (Fsp3) is 0.923. The fourth-order valence-electron chi connectivity index (χ4n) is 3.58. The van der Waals surface area contributed by atoms with Gasteiger partial charge in [-0.2, -0.15) is 5.26 Å². The predicted octanol–water partition coefficient (Wildman–Crippen LogP) is 3.34. The zero-order valence-corrected chi connectivity index (χ0v) is 9.60. The molecule has 2 rings (SSSR count). The number of nitrogens with zero attached hydrogens (tertiary/aromatic N) is 1. The third-order valence-electron chi connectivity index (χ3n) is 4.44. The van der Waals surface area contributed by atoms with Crippen molar-refractivity contribution in [2.75, 3.05) is 0 Å². The second-order valence-corrected chi connectivity index (χ2v) is 5.29. The minimum absolute atomic E-state index is 0.188. The van der Waals surface area contributed by atoms with Crippen LogP contribution in [-0.2, 0) is 0 Å². The average molecular weight is 206 g/mol. The molecule has 2 nitrogen and oxygen atoms in total. The summed E-state index contributed by atoms with van der Waals surface area (Å²) in [4.78, 5) is 0. The van der Waals surface area contributed by atoms with Crippen LogP contribution in [0.4, 0.5) is 0 Å². The third-order valence-corrected chi connectivity index (χ3v) is 4.44. The average Bonchev–Trinajstić information content (AvgIpc) is 2.32. The second kappa shape index (κ2) is 4.88. The summed E-state index contributed by atoms with van der Waals surface area (Å²) >= 11 is 0. The van der Waals surface area contributed by atoms with Crippen molar-refractivity contribution in [2.45, 2.75) is 69.7 Å². The van der Waals surface area contributed by atoms with E-state index in [0.717, 1.165) is 5.92 Å². The molecular formula is C13H22N2. The minimum atomic E-state index is 0.188. The zero-order valence-electron chi connectivity index (χ0n) is 9.60. The van der Waals surface area contributed by atoms with E-state index in [0.29, 0.717) is 0 Å². The molecule has 1 N–H and O–H groups in total. The van der Waals surface area contributed by atoms with Crippen LogP contribution in [0.5, 0.6) is 0 Å². The van der Waals surface area contributed by atoms with Gasteiger partial charge >= 0.3 is 0 Å². The van der Waals surface area contributed by atoms with Gasteiger partial charge in [-0.1, -0.05) is 38.5 Å². The molecule has 2 heteroatoms. The second-order valence-electron chi connectivity index (χ2n) is 5.29. The highest BCUT2D eigenvalue weighted by atomic mass is 15.0. The summed E-state index contributed by atoms with van der Waals surface area (Å²) in [6.07, 6.45) is 15.5. The smallest absolute Gasteiger partial charge is 0.177 e. The van der Waals surface area contributed by atoms with Crippen LogP contribution in [0.25, 0.3) is 0 Å². The Morgan fingerprint density at radius 2 is 1.53 bits per heavy atom. The van der Waals surface area contributed by atoms with E-state index < -0.39 is 0 Å². The lowest BCUT2D eigenvalue weighted by Crippen LogP contribution is -2.51. The van der Waals surface area contributed by atoms with E-state index in [1.807, 2.05) is 0 Å². The first-order valence-corrected chi connectivity index (χ1v) is 6.54. The monoisotopic (exact) mass is 206 g/mol. The molecule has 0 amide bonds. The predicted molar refractivity (Wildman–Crippen MR) is 61.1 cm³/mol. The zero-order chi connectivity index (χ0) is 10.6. The Morgan fingerprint density at radius 1 is 0.933 bits per heavy atom. The number of hydrogen-bond donors (Lipinski definition) is 1. The summed E-state index contributed by atoms with van der Waals surface area (Å²) in [6.45, 7) is 0. The van der Waals surface area contributed by atoms with E-state index in [-0.39, 0.29) is 5.54 Å². The normalized spacial score (nSPS) is 26.9. The van der Waals surface area contributed by atoms with Gasteiger partial charge in [-0.05, 0) is 31.6 Å².